The summed E-state index contributed by atoms with van der Waals surface area (Å²) in [5.74, 6) is -0.582. The topological polar surface area (TPSA) is 131 Å². The third-order valence-corrected chi connectivity index (χ3v) is 6.03. The van der Waals surface area contributed by atoms with Gasteiger partial charge in [0, 0.05) is 17.8 Å². The quantitative estimate of drug-likeness (QED) is 0.175. The maximum absolute atomic E-state index is 12.7. The number of urea groups is 1. The van der Waals surface area contributed by atoms with E-state index in [-0.39, 0.29) is 18.0 Å². The molecule has 10 nitrogen and oxygen atoms in total. The molecule has 1 fully saturated rings. The third-order valence-electron chi connectivity index (χ3n) is 5.41. The molecular weight excluding hydrogens is 544 g/mol. The number of carbonyl (C=O) groups is 3. The number of benzene rings is 3. The van der Waals surface area contributed by atoms with Gasteiger partial charge in [0.1, 0.15) is 24.6 Å². The molecule has 0 radical (unpaired) electrons. The van der Waals surface area contributed by atoms with Crippen molar-refractivity contribution < 1.29 is 24.0 Å². The molecule has 0 saturated carbocycles. The molecule has 0 spiro atoms. The number of nitro benzene ring substituents is 1. The van der Waals surface area contributed by atoms with Crippen LogP contribution in [0.1, 0.15) is 16.7 Å². The fourth-order valence-corrected chi connectivity index (χ4v) is 3.97. The van der Waals surface area contributed by atoms with E-state index in [0.29, 0.717) is 21.5 Å². The van der Waals surface area contributed by atoms with Crippen LogP contribution in [0, 0.1) is 17.0 Å². The van der Waals surface area contributed by atoms with Gasteiger partial charge in [-0.05, 0) is 76.5 Å². The number of nitro groups is 1. The van der Waals surface area contributed by atoms with Crippen molar-refractivity contribution in [2.24, 2.45) is 0 Å². The van der Waals surface area contributed by atoms with E-state index >= 15 is 0 Å². The van der Waals surface area contributed by atoms with Crippen LogP contribution in [0.3, 0.4) is 0 Å². The molecular formula is C26H21BrN4O6. The molecule has 1 aliphatic rings. The number of amides is 4. The molecule has 4 rings (SSSR count). The van der Waals surface area contributed by atoms with Gasteiger partial charge in [0.25, 0.3) is 11.6 Å². The number of hydrogen-bond acceptors (Lipinski definition) is 6. The number of rotatable bonds is 8. The van der Waals surface area contributed by atoms with Gasteiger partial charge in [-0.3, -0.25) is 19.7 Å². The van der Waals surface area contributed by atoms with Gasteiger partial charge < -0.3 is 15.4 Å². The highest BCUT2D eigenvalue weighted by Crippen LogP contribution is 2.28. The molecule has 1 heterocycles. The first-order chi connectivity index (χ1) is 17.7. The number of imide groups is 1. The first kappa shape index (κ1) is 25.6. The Balaban J connectivity index is 1.37. The summed E-state index contributed by atoms with van der Waals surface area (Å²) < 4.78 is 6.38. The number of anilines is 1. The minimum atomic E-state index is -0.683. The summed E-state index contributed by atoms with van der Waals surface area (Å²) in [6.45, 7) is 1.70. The molecule has 37 heavy (non-hydrogen) atoms. The zero-order valence-electron chi connectivity index (χ0n) is 19.6. The monoisotopic (exact) mass is 564 g/mol. The van der Waals surface area contributed by atoms with Crippen LogP contribution in [-0.4, -0.2) is 34.2 Å². The van der Waals surface area contributed by atoms with Gasteiger partial charge in [-0.15, -0.1) is 0 Å². The number of ether oxygens (including phenoxy) is 1. The fourth-order valence-electron chi connectivity index (χ4n) is 3.46. The molecule has 11 heteroatoms. The van der Waals surface area contributed by atoms with Gasteiger partial charge in [0.2, 0.25) is 5.91 Å². The lowest BCUT2D eigenvalue weighted by Gasteiger charge is -2.12. The van der Waals surface area contributed by atoms with Crippen molar-refractivity contribution >= 4 is 51.2 Å². The van der Waals surface area contributed by atoms with E-state index in [4.69, 9.17) is 4.74 Å². The minimum Gasteiger partial charge on any atom is -0.488 e. The van der Waals surface area contributed by atoms with Gasteiger partial charge in [-0.25, -0.2) is 9.69 Å². The van der Waals surface area contributed by atoms with E-state index in [1.54, 1.807) is 42.5 Å². The summed E-state index contributed by atoms with van der Waals surface area (Å²) in [5, 5.41) is 15.9. The molecule has 0 atom stereocenters. The maximum atomic E-state index is 12.7. The first-order valence-corrected chi connectivity index (χ1v) is 11.9. The maximum Gasteiger partial charge on any atom is 0.329 e. The van der Waals surface area contributed by atoms with E-state index in [1.165, 1.54) is 18.2 Å². The summed E-state index contributed by atoms with van der Waals surface area (Å²) >= 11 is 3.43. The van der Waals surface area contributed by atoms with Gasteiger partial charge >= 0.3 is 6.03 Å². The lowest BCUT2D eigenvalue weighted by molar-refractivity contribution is -0.384. The van der Waals surface area contributed by atoms with Crippen molar-refractivity contribution in [3.8, 4) is 5.75 Å². The van der Waals surface area contributed by atoms with Crippen molar-refractivity contribution in [3.05, 3.63) is 104 Å². The molecule has 3 aromatic rings. The van der Waals surface area contributed by atoms with Crippen LogP contribution in [0.4, 0.5) is 16.2 Å². The Bertz CT molecular complexity index is 1400. The molecule has 1 aliphatic heterocycles. The average molecular weight is 565 g/mol. The SMILES string of the molecule is Cc1ccc(NC(=O)CN2C(=O)N/C(=C/c3ccc(OCc4ccc([N+](=O)[O-])cc4)c(Br)c3)C2=O)cc1. The van der Waals surface area contributed by atoms with E-state index < -0.39 is 29.3 Å². The summed E-state index contributed by atoms with van der Waals surface area (Å²) in [6.07, 6.45) is 1.50. The summed E-state index contributed by atoms with van der Waals surface area (Å²) in [6, 6.07) is 17.6. The van der Waals surface area contributed by atoms with E-state index in [2.05, 4.69) is 26.6 Å². The number of hydrogen-bond donors (Lipinski definition) is 2. The fraction of sp³-hybridized carbons (Fsp3) is 0.115. The lowest BCUT2D eigenvalue weighted by Crippen LogP contribution is -2.38. The van der Waals surface area contributed by atoms with Crippen LogP contribution in [0.25, 0.3) is 6.08 Å². The van der Waals surface area contributed by atoms with Crippen molar-refractivity contribution in [2.45, 2.75) is 13.5 Å². The van der Waals surface area contributed by atoms with Gasteiger partial charge in [-0.1, -0.05) is 23.8 Å². The highest BCUT2D eigenvalue weighted by molar-refractivity contribution is 9.10. The largest absolute Gasteiger partial charge is 0.488 e. The zero-order valence-corrected chi connectivity index (χ0v) is 21.2. The Labute approximate surface area is 220 Å². The summed E-state index contributed by atoms with van der Waals surface area (Å²) in [5.41, 5.74) is 3.02. The van der Waals surface area contributed by atoms with Crippen LogP contribution in [0.5, 0.6) is 5.75 Å². The van der Waals surface area contributed by atoms with Crippen LogP contribution in [0.2, 0.25) is 0 Å². The third kappa shape index (κ3) is 6.39. The number of aryl methyl sites for hydroxylation is 1. The number of nitrogens with zero attached hydrogens (tertiary/aromatic N) is 2. The van der Waals surface area contributed by atoms with Gasteiger partial charge in [0.05, 0.1) is 9.40 Å². The Kier molecular flexibility index (Phi) is 7.63. The molecule has 188 valence electrons. The van der Waals surface area contributed by atoms with Crippen LogP contribution < -0.4 is 15.4 Å². The van der Waals surface area contributed by atoms with Crippen LogP contribution >= 0.6 is 15.9 Å². The minimum absolute atomic E-state index is 0.00123. The van der Waals surface area contributed by atoms with E-state index in [0.717, 1.165) is 16.0 Å². The normalized spacial score (nSPS) is 14.0. The number of halogens is 1. The van der Waals surface area contributed by atoms with Crippen molar-refractivity contribution in [3.63, 3.8) is 0 Å². The molecule has 0 aliphatic carbocycles. The Hall–Kier alpha value is -4.51. The Morgan fingerprint density at radius 1 is 1.11 bits per heavy atom. The average Bonchev–Trinajstić information content (AvgIpc) is 3.12. The summed E-state index contributed by atoms with van der Waals surface area (Å²) in [4.78, 5) is 48.6. The smallest absolute Gasteiger partial charge is 0.329 e. The molecule has 2 N–H and O–H groups in total. The standard InChI is InChI=1S/C26H21BrN4O6/c1-16-2-7-19(8-3-16)28-24(32)14-30-25(33)22(29-26(30)34)13-18-6-11-23(21(27)12-18)37-15-17-4-9-20(10-5-17)31(35)36/h2-13H,14-15H2,1H3,(H,28,32)(H,29,34)/b22-13+. The van der Waals surface area contributed by atoms with Gasteiger partial charge in [0.15, 0.2) is 0 Å². The molecule has 0 bridgehead atoms. The number of carbonyl (C=O) groups excluding carboxylic acids is 3. The molecule has 4 amide bonds. The van der Waals surface area contributed by atoms with Crippen LogP contribution in [-0.2, 0) is 16.2 Å². The second-order valence-electron chi connectivity index (χ2n) is 8.20. The van der Waals surface area contributed by atoms with E-state index in [1.807, 2.05) is 19.1 Å². The van der Waals surface area contributed by atoms with Crippen molar-refractivity contribution in [1.29, 1.82) is 0 Å². The number of nitrogens with one attached hydrogen (secondary N) is 2. The second kappa shape index (κ2) is 11.0. The molecule has 0 unspecified atom stereocenters. The number of non-ortho nitro benzene ring substituents is 1. The second-order valence-corrected chi connectivity index (χ2v) is 9.05. The summed E-state index contributed by atoms with van der Waals surface area (Å²) in [7, 11) is 0. The lowest BCUT2D eigenvalue weighted by atomic mass is 10.2. The highest BCUT2D eigenvalue weighted by atomic mass is 79.9. The predicted molar refractivity (Wildman–Crippen MR) is 140 cm³/mol. The first-order valence-electron chi connectivity index (χ1n) is 11.1. The van der Waals surface area contributed by atoms with Crippen LogP contribution in [0.15, 0.2) is 76.9 Å². The van der Waals surface area contributed by atoms with Gasteiger partial charge in [-0.2, -0.15) is 0 Å². The van der Waals surface area contributed by atoms with Crippen molar-refractivity contribution in [2.75, 3.05) is 11.9 Å². The molecule has 0 aromatic heterocycles. The van der Waals surface area contributed by atoms with E-state index in [9.17, 15) is 24.5 Å². The molecule has 1 saturated heterocycles. The Morgan fingerprint density at radius 3 is 2.46 bits per heavy atom. The zero-order chi connectivity index (χ0) is 26.5. The Morgan fingerprint density at radius 2 is 1.81 bits per heavy atom. The molecule has 3 aromatic carbocycles. The predicted octanol–water partition coefficient (Wildman–Crippen LogP) is 4.78. The van der Waals surface area contributed by atoms with Crippen molar-refractivity contribution in [1.82, 2.24) is 10.2 Å². The highest BCUT2D eigenvalue weighted by Gasteiger charge is 2.35.